The Morgan fingerprint density at radius 3 is 2.14 bits per heavy atom. The second-order valence-electron chi connectivity index (χ2n) is 5.34. The highest BCUT2D eigenvalue weighted by Gasteiger charge is 2.27. The average Bonchev–Trinajstić information content (AvgIpc) is 2.40. The van der Waals surface area contributed by atoms with Gasteiger partial charge in [-0.15, -0.1) is 0 Å². The van der Waals surface area contributed by atoms with E-state index in [0.29, 0.717) is 5.75 Å². The molecule has 0 bridgehead atoms. The van der Waals surface area contributed by atoms with Crippen LogP contribution < -0.4 is 0 Å². The minimum atomic E-state index is -3.60. The summed E-state index contributed by atoms with van der Waals surface area (Å²) in [5.41, 5.74) is 2.15. The zero-order chi connectivity index (χ0) is 16.4. The number of benzene rings is 2. The van der Waals surface area contributed by atoms with Gasteiger partial charge in [-0.3, -0.25) is 0 Å². The lowest BCUT2D eigenvalue weighted by Gasteiger charge is -2.34. The molecule has 120 valence electrons. The molecule has 0 aromatic heterocycles. The van der Waals surface area contributed by atoms with E-state index in [2.05, 4.69) is 0 Å². The van der Waals surface area contributed by atoms with Gasteiger partial charge in [-0.1, -0.05) is 34.6 Å². The molecular formula is C16H20O4S2. The third-order valence-electron chi connectivity index (χ3n) is 3.30. The minimum absolute atomic E-state index is 0.140. The molecule has 0 amide bonds. The average molecular weight is 340 g/mol. The van der Waals surface area contributed by atoms with E-state index in [-0.39, 0.29) is 5.75 Å². The lowest BCUT2D eigenvalue weighted by molar-refractivity contribution is 0.475. The summed E-state index contributed by atoms with van der Waals surface area (Å²) in [6, 6.07) is 14.4. The monoisotopic (exact) mass is 340 g/mol. The van der Waals surface area contributed by atoms with Gasteiger partial charge in [-0.2, -0.15) is 8.42 Å². The third-order valence-corrected chi connectivity index (χ3v) is 7.62. The molecule has 22 heavy (non-hydrogen) atoms. The van der Waals surface area contributed by atoms with E-state index in [0.717, 1.165) is 22.3 Å². The van der Waals surface area contributed by atoms with Crippen LogP contribution in [0.5, 0.6) is 5.75 Å². The van der Waals surface area contributed by atoms with Crippen molar-refractivity contribution in [2.24, 2.45) is 0 Å². The molecule has 1 N–H and O–H groups in total. The SMILES string of the molecule is Cc1ccccc1CS(C)(OS(C)(=O)=O)c1ccc(O)cc1. The van der Waals surface area contributed by atoms with Crippen molar-refractivity contribution in [3.63, 3.8) is 0 Å². The summed E-state index contributed by atoms with van der Waals surface area (Å²) >= 11 is 0. The van der Waals surface area contributed by atoms with Gasteiger partial charge in [-0.05, 0) is 48.6 Å². The predicted molar refractivity (Wildman–Crippen MR) is 90.7 cm³/mol. The highest BCUT2D eigenvalue weighted by Crippen LogP contribution is 2.57. The molecule has 2 aromatic carbocycles. The van der Waals surface area contributed by atoms with Crippen molar-refractivity contribution in [1.29, 1.82) is 0 Å². The summed E-state index contributed by atoms with van der Waals surface area (Å²) in [4.78, 5) is 0.777. The predicted octanol–water partition coefficient (Wildman–Crippen LogP) is 3.59. The van der Waals surface area contributed by atoms with Crippen molar-refractivity contribution in [3.8, 4) is 5.75 Å². The van der Waals surface area contributed by atoms with E-state index >= 15 is 0 Å². The van der Waals surface area contributed by atoms with Crippen molar-refractivity contribution in [1.82, 2.24) is 0 Å². The van der Waals surface area contributed by atoms with Crippen LogP contribution in [0.1, 0.15) is 11.1 Å². The summed E-state index contributed by atoms with van der Waals surface area (Å²) in [6.07, 6.45) is 2.89. The fraction of sp³-hybridized carbons (Fsp3) is 0.250. The fourth-order valence-corrected chi connectivity index (χ4v) is 6.71. The second-order valence-corrected chi connectivity index (χ2v) is 10.1. The molecule has 0 aliphatic heterocycles. The van der Waals surface area contributed by atoms with Gasteiger partial charge in [0.25, 0.3) is 10.1 Å². The van der Waals surface area contributed by atoms with E-state index in [1.807, 2.05) is 37.4 Å². The van der Waals surface area contributed by atoms with Crippen molar-refractivity contribution in [2.45, 2.75) is 17.6 Å². The van der Waals surface area contributed by atoms with Crippen LogP contribution in [0.25, 0.3) is 0 Å². The number of aryl methyl sites for hydroxylation is 1. The van der Waals surface area contributed by atoms with Gasteiger partial charge in [0.05, 0.1) is 6.26 Å². The van der Waals surface area contributed by atoms with Crippen LogP contribution in [0.2, 0.25) is 0 Å². The normalized spacial score (nSPS) is 16.0. The first-order chi connectivity index (χ1) is 10.2. The number of hydrogen-bond acceptors (Lipinski definition) is 4. The Morgan fingerprint density at radius 1 is 1.00 bits per heavy atom. The maximum absolute atomic E-state index is 11.7. The molecule has 0 saturated carbocycles. The molecule has 2 aromatic rings. The first kappa shape index (κ1) is 16.9. The zero-order valence-corrected chi connectivity index (χ0v) is 14.4. The summed E-state index contributed by atoms with van der Waals surface area (Å²) < 4.78 is 28.9. The van der Waals surface area contributed by atoms with E-state index < -0.39 is 20.4 Å². The number of phenolic OH excluding ortho intramolecular Hbond substituents is 1. The van der Waals surface area contributed by atoms with Crippen LogP contribution in [-0.2, 0) is 19.5 Å². The first-order valence-corrected chi connectivity index (χ1v) is 10.7. The molecule has 0 aliphatic rings. The van der Waals surface area contributed by atoms with E-state index in [4.69, 9.17) is 3.63 Å². The Balaban J connectivity index is 2.46. The molecule has 0 heterocycles. The van der Waals surface area contributed by atoms with E-state index in [9.17, 15) is 13.5 Å². The smallest absolute Gasteiger partial charge is 0.273 e. The second kappa shape index (κ2) is 6.32. The first-order valence-electron chi connectivity index (χ1n) is 6.70. The third kappa shape index (κ3) is 4.25. The van der Waals surface area contributed by atoms with Crippen molar-refractivity contribution >= 4 is 20.4 Å². The zero-order valence-electron chi connectivity index (χ0n) is 12.8. The molecular weight excluding hydrogens is 320 g/mol. The standard InChI is InChI=1S/C16H20O4S2/c1-13-6-4-5-7-14(13)12-21(2,20-22(3,18)19)16-10-8-15(17)9-11-16/h4-11,17H,12H2,1-3H3. The van der Waals surface area contributed by atoms with Crippen molar-refractivity contribution in [2.75, 3.05) is 12.5 Å². The van der Waals surface area contributed by atoms with Gasteiger partial charge in [0.1, 0.15) is 5.75 Å². The van der Waals surface area contributed by atoms with Gasteiger partial charge in [0.15, 0.2) is 0 Å². The van der Waals surface area contributed by atoms with Gasteiger partial charge < -0.3 is 5.11 Å². The van der Waals surface area contributed by atoms with Crippen molar-refractivity contribution in [3.05, 3.63) is 59.7 Å². The summed E-state index contributed by atoms with van der Waals surface area (Å²) in [5.74, 6) is 0.637. The Kier molecular flexibility index (Phi) is 4.84. The van der Waals surface area contributed by atoms with Gasteiger partial charge in [0, 0.05) is 10.6 Å². The van der Waals surface area contributed by atoms with Crippen LogP contribution in [0.3, 0.4) is 0 Å². The Hall–Kier alpha value is -1.50. The molecule has 0 radical (unpaired) electrons. The van der Waals surface area contributed by atoms with Gasteiger partial charge in [-0.25, -0.2) is 3.63 Å². The fourth-order valence-electron chi connectivity index (χ4n) is 2.22. The number of aromatic hydroxyl groups is 1. The molecule has 6 heteroatoms. The van der Waals surface area contributed by atoms with Gasteiger partial charge in [0.2, 0.25) is 0 Å². The molecule has 1 unspecified atom stereocenters. The van der Waals surface area contributed by atoms with Crippen LogP contribution >= 0.6 is 10.3 Å². The Bertz CT molecular complexity index is 754. The largest absolute Gasteiger partial charge is 0.508 e. The topological polar surface area (TPSA) is 63.6 Å². The van der Waals surface area contributed by atoms with Crippen LogP contribution in [0, 0.1) is 6.92 Å². The Labute approximate surface area is 133 Å². The quantitative estimate of drug-likeness (QED) is 0.903. The van der Waals surface area contributed by atoms with E-state index in [1.54, 1.807) is 24.3 Å². The molecule has 2 rings (SSSR count). The van der Waals surface area contributed by atoms with Crippen LogP contribution in [0.15, 0.2) is 53.4 Å². The lowest BCUT2D eigenvalue weighted by Crippen LogP contribution is -2.12. The molecule has 0 fully saturated rings. The van der Waals surface area contributed by atoms with E-state index in [1.165, 1.54) is 0 Å². The molecule has 1 atom stereocenters. The van der Waals surface area contributed by atoms with Crippen molar-refractivity contribution < 1.29 is 17.2 Å². The Morgan fingerprint density at radius 2 is 1.59 bits per heavy atom. The maximum Gasteiger partial charge on any atom is 0.273 e. The minimum Gasteiger partial charge on any atom is -0.508 e. The summed E-state index contributed by atoms with van der Waals surface area (Å²) in [5, 5.41) is 9.44. The van der Waals surface area contributed by atoms with Crippen LogP contribution in [-0.4, -0.2) is 26.0 Å². The molecule has 0 aliphatic carbocycles. The summed E-state index contributed by atoms with van der Waals surface area (Å²) in [6.45, 7) is 1.99. The van der Waals surface area contributed by atoms with Gasteiger partial charge >= 0.3 is 0 Å². The highest BCUT2D eigenvalue weighted by molar-refractivity contribution is 8.31. The molecule has 0 spiro atoms. The maximum atomic E-state index is 11.7. The molecule has 4 nitrogen and oxygen atoms in total. The molecule has 0 saturated heterocycles. The van der Waals surface area contributed by atoms with Crippen LogP contribution in [0.4, 0.5) is 0 Å². The number of hydrogen-bond donors (Lipinski definition) is 1. The highest BCUT2D eigenvalue weighted by atomic mass is 32.3. The summed E-state index contributed by atoms with van der Waals surface area (Å²) in [7, 11) is -5.67. The lowest BCUT2D eigenvalue weighted by atomic mass is 10.1. The number of phenols is 1. The number of rotatable bonds is 5.